The van der Waals surface area contributed by atoms with Crippen LogP contribution in [0.5, 0.6) is 0 Å². The third-order valence-corrected chi connectivity index (χ3v) is 4.20. The number of nitrogens with one attached hydrogen (secondary N) is 1. The first-order valence-corrected chi connectivity index (χ1v) is 8.74. The molecule has 26 heavy (non-hydrogen) atoms. The maximum atomic E-state index is 12.3. The van der Waals surface area contributed by atoms with Crippen molar-refractivity contribution < 1.29 is 4.79 Å². The van der Waals surface area contributed by atoms with Gasteiger partial charge in [0, 0.05) is 24.9 Å². The minimum absolute atomic E-state index is 0.0635. The van der Waals surface area contributed by atoms with Crippen LogP contribution in [0.3, 0.4) is 0 Å². The van der Waals surface area contributed by atoms with Crippen molar-refractivity contribution in [2.75, 3.05) is 7.05 Å². The quantitative estimate of drug-likeness (QED) is 0.632. The van der Waals surface area contributed by atoms with Crippen molar-refractivity contribution in [3.8, 4) is 0 Å². The van der Waals surface area contributed by atoms with Crippen molar-refractivity contribution in [1.82, 2.24) is 5.32 Å². The largest absolute Gasteiger partial charge is 0.348 e. The molecule has 0 aliphatic carbocycles. The Kier molecular flexibility index (Phi) is 6.45. The fraction of sp³-hybridized carbons (Fsp3) is 0.318. The Bertz CT molecular complexity index is 795. The molecule has 4 heteroatoms. The number of nitrogens with zero attached hydrogens (tertiary/aromatic N) is 2. The number of amides is 1. The summed E-state index contributed by atoms with van der Waals surface area (Å²) in [6.45, 7) is 8.92. The van der Waals surface area contributed by atoms with Crippen LogP contribution in [0.15, 0.2) is 58.5 Å². The van der Waals surface area contributed by atoms with Gasteiger partial charge in [0.2, 0.25) is 0 Å². The Morgan fingerprint density at radius 1 is 1.00 bits per heavy atom. The van der Waals surface area contributed by atoms with E-state index in [1.54, 1.807) is 7.05 Å². The van der Waals surface area contributed by atoms with Gasteiger partial charge in [0.15, 0.2) is 0 Å². The van der Waals surface area contributed by atoms with Gasteiger partial charge in [-0.25, -0.2) is 4.99 Å². The fourth-order valence-corrected chi connectivity index (χ4v) is 2.49. The Morgan fingerprint density at radius 3 is 2.12 bits per heavy atom. The zero-order valence-electron chi connectivity index (χ0n) is 16.2. The number of rotatable bonds is 5. The van der Waals surface area contributed by atoms with E-state index in [-0.39, 0.29) is 11.3 Å². The van der Waals surface area contributed by atoms with Gasteiger partial charge in [0.05, 0.1) is 0 Å². The summed E-state index contributed by atoms with van der Waals surface area (Å²) >= 11 is 0. The highest BCUT2D eigenvalue weighted by molar-refractivity contribution is 6.02. The van der Waals surface area contributed by atoms with Crippen LogP contribution in [0.25, 0.3) is 0 Å². The molecule has 0 unspecified atom stereocenters. The number of carbonyl (C=O) groups excluding carboxylic acids is 1. The van der Waals surface area contributed by atoms with Crippen molar-refractivity contribution in [3.63, 3.8) is 0 Å². The molecule has 4 nitrogen and oxygen atoms in total. The third kappa shape index (κ3) is 5.38. The Balaban J connectivity index is 1.97. The molecule has 136 valence electrons. The van der Waals surface area contributed by atoms with E-state index in [2.05, 4.69) is 36.1 Å². The van der Waals surface area contributed by atoms with E-state index in [4.69, 9.17) is 0 Å². The molecule has 0 radical (unpaired) electrons. The van der Waals surface area contributed by atoms with Crippen molar-refractivity contribution in [1.29, 1.82) is 0 Å². The monoisotopic (exact) mass is 349 g/mol. The molecule has 0 aliphatic heterocycles. The van der Waals surface area contributed by atoms with Crippen LogP contribution in [0.2, 0.25) is 0 Å². The Hall–Kier alpha value is -2.75. The van der Waals surface area contributed by atoms with E-state index in [0.29, 0.717) is 12.1 Å². The second-order valence-corrected chi connectivity index (χ2v) is 7.30. The van der Waals surface area contributed by atoms with Crippen molar-refractivity contribution in [3.05, 3.63) is 70.8 Å². The molecule has 1 N–H and O–H groups in total. The van der Waals surface area contributed by atoms with Gasteiger partial charge in [-0.3, -0.25) is 9.79 Å². The number of benzene rings is 2. The molecule has 0 atom stereocenters. The Morgan fingerprint density at radius 2 is 1.58 bits per heavy atom. The van der Waals surface area contributed by atoms with Crippen molar-refractivity contribution >= 4 is 18.0 Å². The Labute approximate surface area is 156 Å². The molecule has 0 saturated carbocycles. The van der Waals surface area contributed by atoms with Crippen LogP contribution < -0.4 is 5.32 Å². The molecule has 2 rings (SSSR count). The summed E-state index contributed by atoms with van der Waals surface area (Å²) < 4.78 is 0. The summed E-state index contributed by atoms with van der Waals surface area (Å²) in [5, 5.41) is 2.97. The van der Waals surface area contributed by atoms with E-state index in [9.17, 15) is 4.79 Å². The lowest BCUT2D eigenvalue weighted by Crippen LogP contribution is -2.23. The molecule has 2 aromatic carbocycles. The molecule has 0 fully saturated rings. The van der Waals surface area contributed by atoms with Crippen LogP contribution in [0, 0.1) is 0 Å². The fourth-order valence-electron chi connectivity index (χ4n) is 2.49. The standard InChI is InChI=1S/C22H27N3O/c1-16(25-15-23-5)18-8-6-17(7-9-18)14-24-21(26)19-10-12-20(13-11-19)22(2,3)4/h6-13,15H,14H2,1-5H3,(H,24,26)/b23-15-,25-16+. The normalized spacial score (nSPS) is 12.4. The predicted octanol–water partition coefficient (Wildman–Crippen LogP) is 4.38. The van der Waals surface area contributed by atoms with Gasteiger partial charge >= 0.3 is 0 Å². The molecule has 0 heterocycles. The number of hydrogen-bond acceptors (Lipinski definition) is 2. The molecule has 0 saturated heterocycles. The molecule has 0 bridgehead atoms. The van der Waals surface area contributed by atoms with Crippen LogP contribution in [-0.4, -0.2) is 25.0 Å². The zero-order chi connectivity index (χ0) is 19.2. The molecular weight excluding hydrogens is 322 g/mol. The van der Waals surface area contributed by atoms with E-state index >= 15 is 0 Å². The van der Waals surface area contributed by atoms with Gasteiger partial charge in [0.1, 0.15) is 6.34 Å². The van der Waals surface area contributed by atoms with Crippen LogP contribution in [0.4, 0.5) is 0 Å². The lowest BCUT2D eigenvalue weighted by molar-refractivity contribution is 0.0951. The highest BCUT2D eigenvalue weighted by atomic mass is 16.1. The van der Waals surface area contributed by atoms with Crippen LogP contribution in [-0.2, 0) is 12.0 Å². The van der Waals surface area contributed by atoms with Gasteiger partial charge in [-0.1, -0.05) is 57.2 Å². The highest BCUT2D eigenvalue weighted by Crippen LogP contribution is 2.22. The predicted molar refractivity (Wildman–Crippen MR) is 109 cm³/mol. The average molecular weight is 349 g/mol. The molecular formula is C22H27N3O. The summed E-state index contributed by atoms with van der Waals surface area (Å²) in [4.78, 5) is 20.4. The molecule has 0 aliphatic rings. The second kappa shape index (κ2) is 8.56. The van der Waals surface area contributed by atoms with Gasteiger partial charge in [-0.2, -0.15) is 0 Å². The van der Waals surface area contributed by atoms with E-state index in [0.717, 1.165) is 16.8 Å². The minimum atomic E-state index is -0.0635. The van der Waals surface area contributed by atoms with Gasteiger partial charge < -0.3 is 5.32 Å². The van der Waals surface area contributed by atoms with Gasteiger partial charge in [-0.05, 0) is 41.2 Å². The number of aliphatic imine (C=N–C) groups is 2. The second-order valence-electron chi connectivity index (χ2n) is 7.30. The summed E-state index contributed by atoms with van der Waals surface area (Å²) in [6.07, 6.45) is 1.54. The molecule has 0 aromatic heterocycles. The van der Waals surface area contributed by atoms with E-state index < -0.39 is 0 Å². The maximum Gasteiger partial charge on any atom is 0.251 e. The lowest BCUT2D eigenvalue weighted by Gasteiger charge is -2.19. The summed E-state index contributed by atoms with van der Waals surface area (Å²) in [5.41, 5.74) is 4.97. The third-order valence-electron chi connectivity index (χ3n) is 4.20. The summed E-state index contributed by atoms with van der Waals surface area (Å²) in [6, 6.07) is 15.8. The first-order chi connectivity index (χ1) is 12.3. The topological polar surface area (TPSA) is 53.8 Å². The molecule has 1 amide bonds. The van der Waals surface area contributed by atoms with E-state index in [1.807, 2.05) is 55.5 Å². The molecule has 0 spiro atoms. The SMILES string of the molecule is C/N=C\N=C(/C)c1ccc(CNC(=O)c2ccc(C(C)(C)C)cc2)cc1. The highest BCUT2D eigenvalue weighted by Gasteiger charge is 2.14. The first kappa shape index (κ1) is 19.6. The lowest BCUT2D eigenvalue weighted by atomic mass is 9.87. The first-order valence-electron chi connectivity index (χ1n) is 8.74. The van der Waals surface area contributed by atoms with Crippen molar-refractivity contribution in [2.24, 2.45) is 9.98 Å². The van der Waals surface area contributed by atoms with Crippen LogP contribution in [0.1, 0.15) is 54.7 Å². The summed E-state index contributed by atoms with van der Waals surface area (Å²) in [5.74, 6) is -0.0635. The van der Waals surface area contributed by atoms with E-state index in [1.165, 1.54) is 11.9 Å². The smallest absolute Gasteiger partial charge is 0.251 e. The minimum Gasteiger partial charge on any atom is -0.348 e. The average Bonchev–Trinajstić information content (AvgIpc) is 2.64. The van der Waals surface area contributed by atoms with Gasteiger partial charge in [-0.15, -0.1) is 0 Å². The van der Waals surface area contributed by atoms with Crippen molar-refractivity contribution in [2.45, 2.75) is 39.7 Å². The number of hydrogen-bond donors (Lipinski definition) is 1. The van der Waals surface area contributed by atoms with Gasteiger partial charge in [0.25, 0.3) is 5.91 Å². The zero-order valence-corrected chi connectivity index (χ0v) is 16.2. The maximum absolute atomic E-state index is 12.3. The van der Waals surface area contributed by atoms with Crippen LogP contribution >= 0.6 is 0 Å². The number of carbonyl (C=O) groups is 1. The molecule has 2 aromatic rings. The summed E-state index contributed by atoms with van der Waals surface area (Å²) in [7, 11) is 1.69.